The molecule has 0 aliphatic carbocycles. The first-order chi connectivity index (χ1) is 13.0. The molecule has 3 heterocycles. The highest BCUT2D eigenvalue weighted by Gasteiger charge is 2.40. The van der Waals surface area contributed by atoms with E-state index in [1.807, 2.05) is 7.05 Å². The molecule has 4 rings (SSSR count). The summed E-state index contributed by atoms with van der Waals surface area (Å²) in [5, 5.41) is 3.47. The summed E-state index contributed by atoms with van der Waals surface area (Å²) in [6.07, 6.45) is 0.892. The van der Waals surface area contributed by atoms with E-state index in [9.17, 15) is 9.59 Å². The number of aromatic nitrogens is 2. The number of carbonyl (C=O) groups excluding carboxylic acids is 1. The molecule has 0 spiro atoms. The van der Waals surface area contributed by atoms with Crippen molar-refractivity contribution in [2.45, 2.75) is 25.0 Å². The Balaban J connectivity index is 1.58. The molecule has 2 aromatic rings. The van der Waals surface area contributed by atoms with Gasteiger partial charge in [0.1, 0.15) is 5.82 Å². The van der Waals surface area contributed by atoms with Crippen LogP contribution >= 0.6 is 0 Å². The topological polar surface area (TPSA) is 99.8 Å². The van der Waals surface area contributed by atoms with Gasteiger partial charge in [-0.3, -0.25) is 9.69 Å². The summed E-state index contributed by atoms with van der Waals surface area (Å²) in [6.45, 7) is 2.09. The van der Waals surface area contributed by atoms with E-state index in [4.69, 9.17) is 9.47 Å². The number of aromatic amines is 1. The number of urea groups is 1. The third-order valence-corrected chi connectivity index (χ3v) is 5.42. The first kappa shape index (κ1) is 17.6. The van der Waals surface area contributed by atoms with Crippen LogP contribution in [0.1, 0.15) is 12.2 Å². The monoisotopic (exact) mass is 373 g/mol. The number of piperidine rings is 1. The smallest absolute Gasteiger partial charge is 0.317 e. The molecule has 1 aromatic heterocycles. The Bertz CT molecular complexity index is 943. The highest BCUT2D eigenvalue weighted by molar-refractivity contribution is 5.81. The number of carbonyl (C=O) groups is 1. The molecule has 2 saturated heterocycles. The third-order valence-electron chi connectivity index (χ3n) is 5.42. The Labute approximate surface area is 156 Å². The van der Waals surface area contributed by atoms with Crippen molar-refractivity contribution in [2.24, 2.45) is 0 Å². The molecule has 0 bridgehead atoms. The number of benzene rings is 1. The second-order valence-electron chi connectivity index (χ2n) is 6.99. The summed E-state index contributed by atoms with van der Waals surface area (Å²) in [5.74, 6) is 1.62. The summed E-state index contributed by atoms with van der Waals surface area (Å²) in [5.41, 5.74) is 0.356. The summed E-state index contributed by atoms with van der Waals surface area (Å²) in [7, 11) is 4.91. The Morgan fingerprint density at radius 3 is 2.70 bits per heavy atom. The Morgan fingerprint density at radius 2 is 1.96 bits per heavy atom. The number of ether oxygens (including phenoxy) is 2. The molecule has 9 nitrogen and oxygen atoms in total. The average Bonchev–Trinajstić information content (AvgIpc) is 2.94. The number of nitrogens with zero attached hydrogens (tertiary/aromatic N) is 3. The zero-order valence-electron chi connectivity index (χ0n) is 15.6. The van der Waals surface area contributed by atoms with Crippen LogP contribution in [0.3, 0.4) is 0 Å². The van der Waals surface area contributed by atoms with Gasteiger partial charge < -0.3 is 24.7 Å². The average molecular weight is 373 g/mol. The van der Waals surface area contributed by atoms with Crippen molar-refractivity contribution in [3.63, 3.8) is 0 Å². The second kappa shape index (κ2) is 6.73. The number of likely N-dealkylation sites (tertiary alicyclic amines) is 1. The molecule has 2 fully saturated rings. The van der Waals surface area contributed by atoms with Crippen LogP contribution in [0.15, 0.2) is 16.9 Å². The molecule has 2 aliphatic rings. The Hall–Kier alpha value is -2.81. The van der Waals surface area contributed by atoms with E-state index in [1.165, 1.54) is 7.11 Å². The SMILES string of the molecule is COc1cc2nc(CN3CC[C@H]4[C@@H](C3)NC(=O)N4C)[nH]c(=O)c2cc1OC. The van der Waals surface area contributed by atoms with Gasteiger partial charge in [0.25, 0.3) is 5.56 Å². The summed E-state index contributed by atoms with van der Waals surface area (Å²) in [6, 6.07) is 3.66. The van der Waals surface area contributed by atoms with Crippen molar-refractivity contribution in [1.29, 1.82) is 0 Å². The lowest BCUT2D eigenvalue weighted by atomic mass is 10.0. The molecule has 2 aliphatic heterocycles. The molecule has 2 atom stereocenters. The third kappa shape index (κ3) is 3.08. The lowest BCUT2D eigenvalue weighted by Gasteiger charge is -2.35. The highest BCUT2D eigenvalue weighted by Crippen LogP contribution is 2.30. The van der Waals surface area contributed by atoms with E-state index in [-0.39, 0.29) is 23.7 Å². The molecular formula is C18H23N5O4. The number of rotatable bonds is 4. The van der Waals surface area contributed by atoms with Gasteiger partial charge in [0.05, 0.1) is 43.8 Å². The van der Waals surface area contributed by atoms with Crippen molar-refractivity contribution in [1.82, 2.24) is 25.1 Å². The van der Waals surface area contributed by atoms with Crippen molar-refractivity contribution in [3.05, 3.63) is 28.3 Å². The standard InChI is InChI=1S/C18H23N5O4/c1-22-13-4-5-23(8-12(13)20-18(22)25)9-16-19-11-7-15(27-3)14(26-2)6-10(11)17(24)21-16/h6-7,12-13H,4-5,8-9H2,1-3H3,(H,20,25)(H,19,21,24)/t12-,13+/m1/s1. The normalized spacial score (nSPS) is 22.6. The minimum atomic E-state index is -0.209. The highest BCUT2D eigenvalue weighted by atomic mass is 16.5. The van der Waals surface area contributed by atoms with Crippen LogP contribution in [0.5, 0.6) is 11.5 Å². The van der Waals surface area contributed by atoms with E-state index in [0.29, 0.717) is 34.8 Å². The molecular weight excluding hydrogens is 350 g/mol. The number of fused-ring (bicyclic) bond motifs is 2. The van der Waals surface area contributed by atoms with Crippen LogP contribution < -0.4 is 20.3 Å². The lowest BCUT2D eigenvalue weighted by molar-refractivity contribution is 0.145. The number of hydrogen-bond acceptors (Lipinski definition) is 6. The predicted molar refractivity (Wildman–Crippen MR) is 99.2 cm³/mol. The molecule has 0 unspecified atom stereocenters. The number of H-pyrrole nitrogens is 1. The minimum absolute atomic E-state index is 0.0230. The van der Waals surface area contributed by atoms with E-state index in [0.717, 1.165) is 19.5 Å². The van der Waals surface area contributed by atoms with E-state index < -0.39 is 0 Å². The molecule has 0 radical (unpaired) electrons. The first-order valence-electron chi connectivity index (χ1n) is 8.90. The van der Waals surface area contributed by atoms with Gasteiger partial charge in [0.15, 0.2) is 11.5 Å². The van der Waals surface area contributed by atoms with Crippen molar-refractivity contribution in [2.75, 3.05) is 34.4 Å². The molecule has 0 saturated carbocycles. The fraction of sp³-hybridized carbons (Fsp3) is 0.500. The molecule has 144 valence electrons. The van der Waals surface area contributed by atoms with E-state index in [2.05, 4.69) is 20.2 Å². The number of nitrogens with one attached hydrogen (secondary N) is 2. The van der Waals surface area contributed by atoms with Crippen LogP contribution in [-0.2, 0) is 6.54 Å². The fourth-order valence-corrected chi connectivity index (χ4v) is 3.97. The molecule has 2 N–H and O–H groups in total. The van der Waals surface area contributed by atoms with Gasteiger partial charge in [-0.1, -0.05) is 0 Å². The number of amides is 2. The maximum Gasteiger partial charge on any atom is 0.317 e. The van der Waals surface area contributed by atoms with Gasteiger partial charge in [0, 0.05) is 26.2 Å². The molecule has 2 amide bonds. The summed E-state index contributed by atoms with van der Waals surface area (Å²) >= 11 is 0. The predicted octanol–water partition coefficient (Wildman–Crippen LogP) is 0.538. The maximum absolute atomic E-state index is 12.5. The van der Waals surface area contributed by atoms with Gasteiger partial charge in [0.2, 0.25) is 0 Å². The van der Waals surface area contributed by atoms with E-state index >= 15 is 0 Å². The van der Waals surface area contributed by atoms with Crippen LogP contribution in [0.2, 0.25) is 0 Å². The van der Waals surface area contributed by atoms with Crippen molar-refractivity contribution < 1.29 is 14.3 Å². The van der Waals surface area contributed by atoms with Crippen molar-refractivity contribution in [3.8, 4) is 11.5 Å². The first-order valence-corrected chi connectivity index (χ1v) is 8.90. The lowest BCUT2D eigenvalue weighted by Crippen LogP contribution is -2.50. The largest absolute Gasteiger partial charge is 0.493 e. The minimum Gasteiger partial charge on any atom is -0.493 e. The van der Waals surface area contributed by atoms with Crippen LogP contribution in [-0.4, -0.2) is 72.2 Å². The molecule has 27 heavy (non-hydrogen) atoms. The van der Waals surface area contributed by atoms with Gasteiger partial charge in [-0.2, -0.15) is 0 Å². The van der Waals surface area contributed by atoms with Crippen LogP contribution in [0.4, 0.5) is 4.79 Å². The van der Waals surface area contributed by atoms with Gasteiger partial charge in [-0.05, 0) is 12.5 Å². The molecule has 1 aromatic carbocycles. The summed E-state index contributed by atoms with van der Waals surface area (Å²) in [4.78, 5) is 35.8. The summed E-state index contributed by atoms with van der Waals surface area (Å²) < 4.78 is 10.6. The zero-order chi connectivity index (χ0) is 19.1. The fourth-order valence-electron chi connectivity index (χ4n) is 3.97. The van der Waals surface area contributed by atoms with Crippen LogP contribution in [0, 0.1) is 0 Å². The Morgan fingerprint density at radius 1 is 1.22 bits per heavy atom. The Kier molecular flexibility index (Phi) is 4.39. The number of hydrogen-bond donors (Lipinski definition) is 2. The van der Waals surface area contributed by atoms with Gasteiger partial charge in [-0.25, -0.2) is 9.78 Å². The quantitative estimate of drug-likeness (QED) is 0.811. The van der Waals surface area contributed by atoms with Gasteiger partial charge >= 0.3 is 6.03 Å². The maximum atomic E-state index is 12.5. The van der Waals surface area contributed by atoms with Crippen molar-refractivity contribution >= 4 is 16.9 Å². The number of likely N-dealkylation sites (N-methyl/N-ethyl adjacent to an activating group) is 1. The second-order valence-corrected chi connectivity index (χ2v) is 6.99. The number of methoxy groups -OCH3 is 2. The van der Waals surface area contributed by atoms with Gasteiger partial charge in [-0.15, -0.1) is 0 Å². The van der Waals surface area contributed by atoms with Crippen LogP contribution in [0.25, 0.3) is 10.9 Å². The van der Waals surface area contributed by atoms with E-state index in [1.54, 1.807) is 24.1 Å². The zero-order valence-corrected chi connectivity index (χ0v) is 15.6. The molecule has 9 heteroatoms.